The third-order valence-electron chi connectivity index (χ3n) is 2.36. The summed E-state index contributed by atoms with van der Waals surface area (Å²) in [7, 11) is 0. The molecule has 2 N–H and O–H groups in total. The van der Waals surface area contributed by atoms with Crippen molar-refractivity contribution in [3.63, 3.8) is 0 Å². The summed E-state index contributed by atoms with van der Waals surface area (Å²) in [6, 6.07) is 3.77. The number of rotatable bonds is 2. The van der Waals surface area contributed by atoms with Gasteiger partial charge in [0.25, 0.3) is 0 Å². The molecule has 0 saturated heterocycles. The molecule has 1 rings (SSSR count). The van der Waals surface area contributed by atoms with Crippen molar-refractivity contribution in [2.75, 3.05) is 5.73 Å². The fourth-order valence-corrected chi connectivity index (χ4v) is 1.15. The molecule has 0 aromatic carbocycles. The minimum absolute atomic E-state index is 0.0886. The summed E-state index contributed by atoms with van der Waals surface area (Å²) in [5.41, 5.74) is 7.71. The van der Waals surface area contributed by atoms with Crippen LogP contribution in [0.4, 0.5) is 5.69 Å². The third-order valence-corrected chi connectivity index (χ3v) is 2.36. The summed E-state index contributed by atoms with van der Waals surface area (Å²) in [6.45, 7) is 6.46. The number of hydrogen-bond acceptors (Lipinski definition) is 2. The number of anilines is 1. The van der Waals surface area contributed by atoms with Gasteiger partial charge in [-0.2, -0.15) is 0 Å². The Bertz CT molecular complexity index is 266. The van der Waals surface area contributed by atoms with Crippen LogP contribution in [0.1, 0.15) is 32.9 Å². The van der Waals surface area contributed by atoms with Crippen molar-refractivity contribution >= 4 is 5.69 Å². The van der Waals surface area contributed by atoms with Crippen LogP contribution in [0.3, 0.4) is 0 Å². The first kappa shape index (κ1) is 9.04. The van der Waals surface area contributed by atoms with Crippen LogP contribution in [0, 0.1) is 0 Å². The van der Waals surface area contributed by atoms with Crippen LogP contribution in [-0.4, -0.2) is 4.98 Å². The standard InChI is InChI=1S/C10H16N2/c1-4-10(2,3)9-8(11)6-5-7-12-9/h5-7H,4,11H2,1-3H3. The Kier molecular flexibility index (Phi) is 2.36. The van der Waals surface area contributed by atoms with Crippen molar-refractivity contribution < 1.29 is 0 Å². The first-order chi connectivity index (χ1) is 5.58. The zero-order valence-corrected chi connectivity index (χ0v) is 7.96. The highest BCUT2D eigenvalue weighted by Gasteiger charge is 2.21. The van der Waals surface area contributed by atoms with Gasteiger partial charge in [0.2, 0.25) is 0 Å². The topological polar surface area (TPSA) is 38.9 Å². The van der Waals surface area contributed by atoms with Crippen LogP contribution in [0.15, 0.2) is 18.3 Å². The largest absolute Gasteiger partial charge is 0.397 e. The lowest BCUT2D eigenvalue weighted by Gasteiger charge is -2.23. The molecule has 0 saturated carbocycles. The molecular weight excluding hydrogens is 148 g/mol. The minimum Gasteiger partial charge on any atom is -0.397 e. The van der Waals surface area contributed by atoms with E-state index in [1.165, 1.54) is 0 Å². The van der Waals surface area contributed by atoms with Crippen molar-refractivity contribution in [1.29, 1.82) is 0 Å². The van der Waals surface area contributed by atoms with Crippen LogP contribution >= 0.6 is 0 Å². The molecule has 2 nitrogen and oxygen atoms in total. The Hall–Kier alpha value is -1.05. The maximum atomic E-state index is 5.82. The Morgan fingerprint density at radius 2 is 2.17 bits per heavy atom. The average Bonchev–Trinajstić information content (AvgIpc) is 2.05. The molecule has 2 heteroatoms. The molecule has 0 bridgehead atoms. The second-order valence-electron chi connectivity index (χ2n) is 3.68. The van der Waals surface area contributed by atoms with Gasteiger partial charge in [0, 0.05) is 11.6 Å². The predicted molar refractivity (Wildman–Crippen MR) is 52.0 cm³/mol. The van der Waals surface area contributed by atoms with E-state index in [-0.39, 0.29) is 5.41 Å². The van der Waals surface area contributed by atoms with Gasteiger partial charge in [-0.1, -0.05) is 20.8 Å². The number of nitrogens with zero attached hydrogens (tertiary/aromatic N) is 1. The molecule has 0 aliphatic heterocycles. The van der Waals surface area contributed by atoms with Gasteiger partial charge < -0.3 is 5.73 Å². The second kappa shape index (κ2) is 3.13. The van der Waals surface area contributed by atoms with Gasteiger partial charge >= 0.3 is 0 Å². The summed E-state index contributed by atoms with van der Waals surface area (Å²) in [6.07, 6.45) is 2.84. The highest BCUT2D eigenvalue weighted by molar-refractivity contribution is 5.45. The molecule has 0 amide bonds. The third kappa shape index (κ3) is 1.58. The smallest absolute Gasteiger partial charge is 0.0688 e. The van der Waals surface area contributed by atoms with E-state index in [0.29, 0.717) is 0 Å². The van der Waals surface area contributed by atoms with Crippen molar-refractivity contribution in [3.8, 4) is 0 Å². The van der Waals surface area contributed by atoms with Gasteiger partial charge in [0.15, 0.2) is 0 Å². The first-order valence-corrected chi connectivity index (χ1v) is 4.29. The van der Waals surface area contributed by atoms with Gasteiger partial charge in [-0.05, 0) is 18.6 Å². The summed E-state index contributed by atoms with van der Waals surface area (Å²) >= 11 is 0. The van der Waals surface area contributed by atoms with Crippen LogP contribution in [0.2, 0.25) is 0 Å². The fourth-order valence-electron chi connectivity index (χ4n) is 1.15. The molecule has 0 spiro atoms. The quantitative estimate of drug-likeness (QED) is 0.728. The zero-order chi connectivity index (χ0) is 9.19. The number of pyridine rings is 1. The van der Waals surface area contributed by atoms with Crippen molar-refractivity contribution in [2.24, 2.45) is 0 Å². The van der Waals surface area contributed by atoms with Crippen LogP contribution in [0.5, 0.6) is 0 Å². The average molecular weight is 164 g/mol. The highest BCUT2D eigenvalue weighted by Crippen LogP contribution is 2.28. The number of nitrogen functional groups attached to an aromatic ring is 1. The Morgan fingerprint density at radius 1 is 1.50 bits per heavy atom. The molecule has 12 heavy (non-hydrogen) atoms. The zero-order valence-electron chi connectivity index (χ0n) is 7.96. The van der Waals surface area contributed by atoms with E-state index in [1.807, 2.05) is 12.1 Å². The van der Waals surface area contributed by atoms with Crippen molar-refractivity contribution in [2.45, 2.75) is 32.6 Å². The van der Waals surface area contributed by atoms with Crippen LogP contribution < -0.4 is 5.73 Å². The molecule has 0 aliphatic carbocycles. The second-order valence-corrected chi connectivity index (χ2v) is 3.68. The molecule has 0 unspecified atom stereocenters. The lowest BCUT2D eigenvalue weighted by atomic mass is 9.85. The van der Waals surface area contributed by atoms with Crippen LogP contribution in [-0.2, 0) is 5.41 Å². The molecule has 0 atom stereocenters. The molecule has 0 fully saturated rings. The van der Waals surface area contributed by atoms with Crippen LogP contribution in [0.25, 0.3) is 0 Å². The van der Waals surface area contributed by atoms with Gasteiger partial charge in [-0.15, -0.1) is 0 Å². The summed E-state index contributed by atoms with van der Waals surface area (Å²) in [5.74, 6) is 0. The maximum Gasteiger partial charge on any atom is 0.0688 e. The van der Waals surface area contributed by atoms with E-state index in [0.717, 1.165) is 17.8 Å². The minimum atomic E-state index is 0.0886. The summed E-state index contributed by atoms with van der Waals surface area (Å²) < 4.78 is 0. The van der Waals surface area contributed by atoms with Gasteiger partial charge in [-0.25, -0.2) is 0 Å². The number of aromatic nitrogens is 1. The summed E-state index contributed by atoms with van der Waals surface area (Å²) in [5, 5.41) is 0. The fraction of sp³-hybridized carbons (Fsp3) is 0.500. The van der Waals surface area contributed by atoms with Crippen molar-refractivity contribution in [3.05, 3.63) is 24.0 Å². The van der Waals surface area contributed by atoms with E-state index < -0.39 is 0 Å². The van der Waals surface area contributed by atoms with Crippen molar-refractivity contribution in [1.82, 2.24) is 4.98 Å². The molecular formula is C10H16N2. The van der Waals surface area contributed by atoms with E-state index in [1.54, 1.807) is 6.20 Å². The predicted octanol–water partition coefficient (Wildman–Crippen LogP) is 2.35. The lowest BCUT2D eigenvalue weighted by Crippen LogP contribution is -2.19. The Morgan fingerprint density at radius 3 is 2.67 bits per heavy atom. The van der Waals surface area contributed by atoms with Gasteiger partial charge in [0.1, 0.15) is 0 Å². The molecule has 0 radical (unpaired) electrons. The van der Waals surface area contributed by atoms with E-state index in [9.17, 15) is 0 Å². The van der Waals surface area contributed by atoms with E-state index in [2.05, 4.69) is 25.8 Å². The van der Waals surface area contributed by atoms with E-state index in [4.69, 9.17) is 5.73 Å². The molecule has 0 aliphatic rings. The lowest BCUT2D eigenvalue weighted by molar-refractivity contribution is 0.492. The first-order valence-electron chi connectivity index (χ1n) is 4.29. The SMILES string of the molecule is CCC(C)(C)c1ncccc1N. The van der Waals surface area contributed by atoms with Gasteiger partial charge in [0.05, 0.1) is 11.4 Å². The molecule has 1 aromatic heterocycles. The molecule has 66 valence electrons. The normalized spacial score (nSPS) is 11.6. The molecule has 1 heterocycles. The van der Waals surface area contributed by atoms with E-state index >= 15 is 0 Å². The highest BCUT2D eigenvalue weighted by atomic mass is 14.7. The monoisotopic (exact) mass is 164 g/mol. The number of hydrogen-bond donors (Lipinski definition) is 1. The Balaban J connectivity index is 3.10. The molecule has 1 aromatic rings. The Labute approximate surface area is 73.8 Å². The summed E-state index contributed by atoms with van der Waals surface area (Å²) in [4.78, 5) is 4.30. The number of nitrogens with two attached hydrogens (primary N) is 1. The maximum absolute atomic E-state index is 5.82. The van der Waals surface area contributed by atoms with Gasteiger partial charge in [-0.3, -0.25) is 4.98 Å².